The number of aromatic amines is 1. The Kier molecular flexibility index (Phi) is 4.15. The summed E-state index contributed by atoms with van der Waals surface area (Å²) in [7, 11) is 0. The molecule has 5 nitrogen and oxygen atoms in total. The zero-order chi connectivity index (χ0) is 14.7. The van der Waals surface area contributed by atoms with Gasteiger partial charge in [0.2, 0.25) is 5.91 Å². The van der Waals surface area contributed by atoms with Gasteiger partial charge >= 0.3 is 0 Å². The van der Waals surface area contributed by atoms with Crippen molar-refractivity contribution < 1.29 is 9.18 Å². The number of aromatic nitrogens is 2. The number of carbonyl (C=O) groups is 1. The lowest BCUT2D eigenvalue weighted by atomic mass is 9.97. The molecule has 0 atom stereocenters. The smallest absolute Gasteiger partial charge is 0.223 e. The molecule has 0 spiro atoms. The number of H-pyrrole nitrogens is 1. The summed E-state index contributed by atoms with van der Waals surface area (Å²) in [5, 5.41) is 6.20. The highest BCUT2D eigenvalue weighted by atomic mass is 19.1. The van der Waals surface area contributed by atoms with E-state index in [9.17, 15) is 9.18 Å². The predicted molar refractivity (Wildman–Crippen MR) is 78.4 cm³/mol. The number of fused-ring (bicyclic) bond motifs is 1. The quantitative estimate of drug-likeness (QED) is 0.796. The molecule has 2 aromatic rings. The van der Waals surface area contributed by atoms with Gasteiger partial charge in [0, 0.05) is 18.9 Å². The third-order valence-corrected chi connectivity index (χ3v) is 3.86. The second-order valence-corrected chi connectivity index (χ2v) is 5.41. The van der Waals surface area contributed by atoms with Gasteiger partial charge in [-0.15, -0.1) is 0 Å². The number of benzene rings is 1. The first-order valence-corrected chi connectivity index (χ1v) is 7.35. The number of carbonyl (C=O) groups excluding carboxylic acids is 1. The molecule has 3 rings (SSSR count). The van der Waals surface area contributed by atoms with E-state index >= 15 is 0 Å². The van der Waals surface area contributed by atoms with Crippen LogP contribution in [-0.2, 0) is 11.2 Å². The summed E-state index contributed by atoms with van der Waals surface area (Å²) >= 11 is 0. The summed E-state index contributed by atoms with van der Waals surface area (Å²) in [5.74, 6) is 0.729. The number of nitrogens with zero attached hydrogens (tertiary/aromatic N) is 1. The Balaban J connectivity index is 1.53. The van der Waals surface area contributed by atoms with Gasteiger partial charge in [0.15, 0.2) is 0 Å². The van der Waals surface area contributed by atoms with Gasteiger partial charge in [-0.3, -0.25) is 4.79 Å². The fourth-order valence-corrected chi connectivity index (χ4v) is 2.69. The predicted octanol–water partition coefficient (Wildman–Crippen LogP) is 1.36. The first kappa shape index (κ1) is 14.0. The maximum Gasteiger partial charge on any atom is 0.223 e. The molecule has 0 saturated carbocycles. The van der Waals surface area contributed by atoms with E-state index in [0.29, 0.717) is 18.5 Å². The minimum atomic E-state index is -0.281. The van der Waals surface area contributed by atoms with Crippen LogP contribution in [0.1, 0.15) is 18.7 Å². The molecule has 0 bridgehead atoms. The monoisotopic (exact) mass is 290 g/mol. The van der Waals surface area contributed by atoms with Crippen molar-refractivity contribution >= 4 is 16.9 Å². The molecular formula is C15H19FN4O. The lowest BCUT2D eigenvalue weighted by Crippen LogP contribution is -2.38. The zero-order valence-electron chi connectivity index (χ0n) is 11.8. The molecule has 6 heteroatoms. The van der Waals surface area contributed by atoms with Crippen LogP contribution in [0.3, 0.4) is 0 Å². The highest BCUT2D eigenvalue weighted by Gasteiger charge is 2.20. The van der Waals surface area contributed by atoms with Crippen molar-refractivity contribution in [3.05, 3.63) is 29.8 Å². The number of amides is 1. The van der Waals surface area contributed by atoms with Crippen molar-refractivity contribution in [3.63, 3.8) is 0 Å². The van der Waals surface area contributed by atoms with E-state index in [1.807, 2.05) is 0 Å². The number of piperidine rings is 1. The van der Waals surface area contributed by atoms with E-state index in [4.69, 9.17) is 0 Å². The van der Waals surface area contributed by atoms with Crippen molar-refractivity contribution in [1.82, 2.24) is 20.6 Å². The summed E-state index contributed by atoms with van der Waals surface area (Å²) in [6, 6.07) is 4.48. The largest absolute Gasteiger partial charge is 0.355 e. The molecule has 0 radical (unpaired) electrons. The van der Waals surface area contributed by atoms with Gasteiger partial charge in [-0.05, 0) is 44.1 Å². The van der Waals surface area contributed by atoms with Crippen LogP contribution in [0, 0.1) is 11.7 Å². The summed E-state index contributed by atoms with van der Waals surface area (Å²) in [6.07, 6.45) is 2.42. The molecule has 2 heterocycles. The number of rotatable bonds is 4. The molecule has 0 unspecified atom stereocenters. The minimum Gasteiger partial charge on any atom is -0.355 e. The van der Waals surface area contributed by atoms with Crippen molar-refractivity contribution in [2.24, 2.45) is 5.92 Å². The average Bonchev–Trinajstić information content (AvgIpc) is 2.89. The van der Waals surface area contributed by atoms with E-state index in [2.05, 4.69) is 20.6 Å². The normalized spacial score (nSPS) is 16.2. The van der Waals surface area contributed by atoms with E-state index in [1.54, 1.807) is 6.07 Å². The molecule has 1 aliphatic rings. The molecule has 1 amide bonds. The fourth-order valence-electron chi connectivity index (χ4n) is 2.69. The number of hydrogen-bond acceptors (Lipinski definition) is 3. The molecule has 21 heavy (non-hydrogen) atoms. The third-order valence-electron chi connectivity index (χ3n) is 3.86. The summed E-state index contributed by atoms with van der Waals surface area (Å²) < 4.78 is 13.1. The Labute approximate surface area is 122 Å². The standard InChI is InChI=1S/C15H19FN4O/c16-11-1-2-12-13(9-11)20-14(19-12)5-8-18-15(21)10-3-6-17-7-4-10/h1-2,9-10,17H,3-8H2,(H,18,21)(H,19,20). The lowest BCUT2D eigenvalue weighted by Gasteiger charge is -2.21. The average molecular weight is 290 g/mol. The number of imidazole rings is 1. The van der Waals surface area contributed by atoms with E-state index < -0.39 is 0 Å². The van der Waals surface area contributed by atoms with Crippen LogP contribution in [0.5, 0.6) is 0 Å². The highest BCUT2D eigenvalue weighted by molar-refractivity contribution is 5.78. The third kappa shape index (κ3) is 3.39. The first-order chi connectivity index (χ1) is 10.2. The molecule has 0 aliphatic carbocycles. The first-order valence-electron chi connectivity index (χ1n) is 7.35. The molecular weight excluding hydrogens is 271 g/mol. The summed E-state index contributed by atoms with van der Waals surface area (Å²) in [4.78, 5) is 19.4. The molecule has 3 N–H and O–H groups in total. The van der Waals surface area contributed by atoms with Crippen LogP contribution in [0.15, 0.2) is 18.2 Å². The van der Waals surface area contributed by atoms with Crippen molar-refractivity contribution in [3.8, 4) is 0 Å². The van der Waals surface area contributed by atoms with Gasteiger partial charge in [-0.1, -0.05) is 0 Å². The van der Waals surface area contributed by atoms with Crippen molar-refractivity contribution in [1.29, 1.82) is 0 Å². The Morgan fingerprint density at radius 2 is 2.19 bits per heavy atom. The van der Waals surface area contributed by atoms with E-state index in [0.717, 1.165) is 37.3 Å². The molecule has 1 saturated heterocycles. The molecule has 1 fully saturated rings. The minimum absolute atomic E-state index is 0.121. The van der Waals surface area contributed by atoms with Gasteiger partial charge in [-0.2, -0.15) is 0 Å². The van der Waals surface area contributed by atoms with E-state index in [1.165, 1.54) is 12.1 Å². The Morgan fingerprint density at radius 1 is 1.38 bits per heavy atom. The fraction of sp³-hybridized carbons (Fsp3) is 0.467. The SMILES string of the molecule is O=C(NCCc1nc2ccc(F)cc2[nH]1)C1CCNCC1. The van der Waals surface area contributed by atoms with Gasteiger partial charge < -0.3 is 15.6 Å². The van der Waals surface area contributed by atoms with Crippen molar-refractivity contribution in [2.45, 2.75) is 19.3 Å². The molecule has 112 valence electrons. The van der Waals surface area contributed by atoms with Crippen molar-refractivity contribution in [2.75, 3.05) is 19.6 Å². The van der Waals surface area contributed by atoms with E-state index in [-0.39, 0.29) is 17.6 Å². The zero-order valence-corrected chi connectivity index (χ0v) is 11.8. The van der Waals surface area contributed by atoms with Gasteiger partial charge in [0.05, 0.1) is 11.0 Å². The second kappa shape index (κ2) is 6.22. The Hall–Kier alpha value is -1.95. The second-order valence-electron chi connectivity index (χ2n) is 5.41. The van der Waals surface area contributed by atoms with Crippen LogP contribution >= 0.6 is 0 Å². The summed E-state index contributed by atoms with van der Waals surface area (Å²) in [6.45, 7) is 2.37. The topological polar surface area (TPSA) is 69.8 Å². The number of nitrogens with one attached hydrogen (secondary N) is 3. The number of halogens is 1. The van der Waals surface area contributed by atoms with Gasteiger partial charge in [0.25, 0.3) is 0 Å². The van der Waals surface area contributed by atoms with Crippen LogP contribution in [0.2, 0.25) is 0 Å². The van der Waals surface area contributed by atoms with Crippen LogP contribution in [0.4, 0.5) is 4.39 Å². The van der Waals surface area contributed by atoms with Gasteiger partial charge in [-0.25, -0.2) is 9.37 Å². The highest BCUT2D eigenvalue weighted by Crippen LogP contribution is 2.13. The Bertz CT molecular complexity index is 634. The molecule has 1 aromatic heterocycles. The maximum atomic E-state index is 13.1. The lowest BCUT2D eigenvalue weighted by molar-refractivity contribution is -0.125. The number of hydrogen-bond donors (Lipinski definition) is 3. The molecule has 1 aliphatic heterocycles. The van der Waals surface area contributed by atoms with Gasteiger partial charge in [0.1, 0.15) is 11.6 Å². The Morgan fingerprint density at radius 3 is 3.00 bits per heavy atom. The maximum absolute atomic E-state index is 13.1. The summed E-state index contributed by atoms with van der Waals surface area (Å²) in [5.41, 5.74) is 1.44. The molecule has 1 aromatic carbocycles. The van der Waals surface area contributed by atoms with Crippen LogP contribution in [-0.4, -0.2) is 35.5 Å². The van der Waals surface area contributed by atoms with Crippen LogP contribution in [0.25, 0.3) is 11.0 Å². The van der Waals surface area contributed by atoms with Crippen LogP contribution < -0.4 is 10.6 Å².